The maximum Gasteiger partial charge on any atom is 0.0715 e. The maximum absolute atomic E-state index is 5.15. The zero-order valence-corrected chi connectivity index (χ0v) is 33.9. The van der Waals surface area contributed by atoms with E-state index in [0.29, 0.717) is 0 Å². The highest BCUT2D eigenvalue weighted by atomic mass is 15.0. The smallest absolute Gasteiger partial charge is 0.0715 e. The molecule has 0 radical (unpaired) electrons. The van der Waals surface area contributed by atoms with Crippen LogP contribution in [0.5, 0.6) is 0 Å². The Bertz CT molecular complexity index is 3540. The van der Waals surface area contributed by atoms with Gasteiger partial charge in [-0.3, -0.25) is 0 Å². The summed E-state index contributed by atoms with van der Waals surface area (Å²) < 4.78 is 4.82. The van der Waals surface area contributed by atoms with Crippen LogP contribution >= 0.6 is 0 Å². The molecule has 0 fully saturated rings. The van der Waals surface area contributed by atoms with Gasteiger partial charge in [-0.2, -0.15) is 0 Å². The lowest BCUT2D eigenvalue weighted by Crippen LogP contribution is -1.95. The van der Waals surface area contributed by atoms with Crippen LogP contribution in [0.2, 0.25) is 0 Å². The van der Waals surface area contributed by atoms with E-state index in [1.165, 1.54) is 65.9 Å². The van der Waals surface area contributed by atoms with E-state index in [9.17, 15) is 0 Å². The molecule has 0 N–H and O–H groups in total. The number of pyridine rings is 1. The lowest BCUT2D eigenvalue weighted by molar-refractivity contribution is 1.18. The normalized spacial score (nSPS) is 11.5. The van der Waals surface area contributed by atoms with Crippen molar-refractivity contribution in [2.24, 2.45) is 0 Å². The van der Waals surface area contributed by atoms with Crippen molar-refractivity contribution in [2.75, 3.05) is 0 Å². The fraction of sp³-hybridized carbons (Fsp3) is 0. The Kier molecular flexibility index (Phi) is 8.50. The highest BCUT2D eigenvalue weighted by Crippen LogP contribution is 2.39. The van der Waals surface area contributed by atoms with Crippen LogP contribution in [0, 0.1) is 0 Å². The summed E-state index contributed by atoms with van der Waals surface area (Å²) in [6.07, 6.45) is 0. The molecule has 0 spiro atoms. The van der Waals surface area contributed by atoms with Gasteiger partial charge < -0.3 is 9.13 Å². The zero-order valence-electron chi connectivity index (χ0n) is 33.9. The Hall–Kier alpha value is -8.27. The fourth-order valence-corrected chi connectivity index (χ4v) is 9.33. The van der Waals surface area contributed by atoms with Crippen LogP contribution in [-0.4, -0.2) is 14.1 Å². The van der Waals surface area contributed by atoms with Crippen LogP contribution in [-0.2, 0) is 0 Å². The maximum atomic E-state index is 5.15. The molecule has 0 atom stereocenters. The van der Waals surface area contributed by atoms with Crippen molar-refractivity contribution in [1.29, 1.82) is 0 Å². The highest BCUT2D eigenvalue weighted by molar-refractivity contribution is 6.12. The summed E-state index contributed by atoms with van der Waals surface area (Å²) in [6.45, 7) is 0. The van der Waals surface area contributed by atoms with Crippen molar-refractivity contribution in [3.05, 3.63) is 237 Å². The molecule has 3 heterocycles. The SMILES string of the molecule is c1ccc(-c2ccc(-n3c4ccccc4c4cc(-c5ccc6c7ccccc7n(-c7cccc(-c8cc(-c9ccccc9)nc(-c9ccccc9)c8)c7)c6c5)ccc43)cc2)cc1. The standard InChI is InChI=1S/C59H39N3/c1-4-15-40(16-5-1)41-27-31-48(32-28-41)61-57-26-13-11-24-51(57)53-36-45(30-34-58(53)61)46-29-33-52-50-23-10-12-25-56(50)62(59(52)39-46)49-22-14-21-44(35-49)47-37-54(42-17-6-2-7-18-42)60-55(38-47)43-19-8-3-9-20-43/h1-39H. The van der Waals surface area contributed by atoms with E-state index in [0.717, 1.165) is 45.0 Å². The number of fused-ring (bicyclic) bond motifs is 6. The predicted molar refractivity (Wildman–Crippen MR) is 260 cm³/mol. The molecular formula is C59H39N3. The fourth-order valence-electron chi connectivity index (χ4n) is 9.33. The third kappa shape index (κ3) is 6.10. The van der Waals surface area contributed by atoms with E-state index in [4.69, 9.17) is 4.98 Å². The summed E-state index contributed by atoms with van der Waals surface area (Å²) in [7, 11) is 0. The quantitative estimate of drug-likeness (QED) is 0.158. The van der Waals surface area contributed by atoms with Crippen molar-refractivity contribution in [3.8, 4) is 67.3 Å². The first-order valence-electron chi connectivity index (χ1n) is 21.2. The van der Waals surface area contributed by atoms with Crippen LogP contribution in [0.25, 0.3) is 111 Å². The van der Waals surface area contributed by atoms with E-state index in [2.05, 4.69) is 246 Å². The lowest BCUT2D eigenvalue weighted by Gasteiger charge is -2.13. The van der Waals surface area contributed by atoms with Crippen molar-refractivity contribution in [1.82, 2.24) is 14.1 Å². The second-order valence-electron chi connectivity index (χ2n) is 16.0. The summed E-state index contributed by atoms with van der Waals surface area (Å²) in [5.74, 6) is 0. The van der Waals surface area contributed by atoms with Crippen LogP contribution < -0.4 is 0 Å². The third-order valence-electron chi connectivity index (χ3n) is 12.3. The zero-order chi connectivity index (χ0) is 41.0. The van der Waals surface area contributed by atoms with Gasteiger partial charge in [0.2, 0.25) is 0 Å². The topological polar surface area (TPSA) is 22.8 Å². The van der Waals surface area contributed by atoms with Crippen LogP contribution in [0.1, 0.15) is 0 Å². The van der Waals surface area contributed by atoms with Gasteiger partial charge in [0.05, 0.1) is 33.5 Å². The largest absolute Gasteiger partial charge is 0.309 e. The minimum atomic E-state index is 0.954. The molecule has 0 bridgehead atoms. The second kappa shape index (κ2) is 14.8. The van der Waals surface area contributed by atoms with E-state index < -0.39 is 0 Å². The Morgan fingerprint density at radius 1 is 0.226 bits per heavy atom. The number of hydrogen-bond acceptors (Lipinski definition) is 1. The average molecular weight is 790 g/mol. The highest BCUT2D eigenvalue weighted by Gasteiger charge is 2.17. The Morgan fingerprint density at radius 3 is 1.34 bits per heavy atom. The van der Waals surface area contributed by atoms with Gasteiger partial charge in [-0.25, -0.2) is 4.98 Å². The molecule has 0 unspecified atom stereocenters. The van der Waals surface area contributed by atoms with Crippen molar-refractivity contribution in [2.45, 2.75) is 0 Å². The molecule has 12 rings (SSSR count). The van der Waals surface area contributed by atoms with E-state index in [-0.39, 0.29) is 0 Å². The number of nitrogens with zero attached hydrogens (tertiary/aromatic N) is 3. The molecule has 290 valence electrons. The molecule has 3 aromatic heterocycles. The van der Waals surface area contributed by atoms with Gasteiger partial charge in [0, 0.05) is 44.0 Å². The predicted octanol–water partition coefficient (Wildman–Crippen LogP) is 15.6. The molecule has 3 heteroatoms. The van der Waals surface area contributed by atoms with E-state index in [1.54, 1.807) is 0 Å². The Balaban J connectivity index is 0.984. The van der Waals surface area contributed by atoms with Gasteiger partial charge in [0.25, 0.3) is 0 Å². The first kappa shape index (κ1) is 35.7. The first-order valence-corrected chi connectivity index (χ1v) is 21.2. The number of para-hydroxylation sites is 2. The second-order valence-corrected chi connectivity index (χ2v) is 16.0. The minimum Gasteiger partial charge on any atom is -0.309 e. The summed E-state index contributed by atoms with van der Waals surface area (Å²) in [4.78, 5) is 5.15. The molecule has 0 saturated heterocycles. The van der Waals surface area contributed by atoms with Crippen LogP contribution in [0.3, 0.4) is 0 Å². The molecule has 62 heavy (non-hydrogen) atoms. The molecule has 12 aromatic rings. The van der Waals surface area contributed by atoms with Crippen LogP contribution in [0.15, 0.2) is 237 Å². The number of benzene rings is 9. The molecule has 9 aromatic carbocycles. The monoisotopic (exact) mass is 789 g/mol. The van der Waals surface area contributed by atoms with E-state index in [1.807, 2.05) is 0 Å². The van der Waals surface area contributed by atoms with E-state index >= 15 is 0 Å². The summed E-state index contributed by atoms with van der Waals surface area (Å²) in [6, 6.07) is 85.3. The molecule has 0 amide bonds. The van der Waals surface area contributed by atoms with Crippen LogP contribution in [0.4, 0.5) is 0 Å². The van der Waals surface area contributed by atoms with Crippen molar-refractivity contribution in [3.63, 3.8) is 0 Å². The number of rotatable bonds is 7. The average Bonchev–Trinajstić information content (AvgIpc) is 3.87. The minimum absolute atomic E-state index is 0.954. The molecule has 3 nitrogen and oxygen atoms in total. The Morgan fingerprint density at radius 2 is 0.677 bits per heavy atom. The summed E-state index contributed by atoms with van der Waals surface area (Å²) in [5, 5.41) is 4.94. The van der Waals surface area contributed by atoms with Gasteiger partial charge in [-0.15, -0.1) is 0 Å². The van der Waals surface area contributed by atoms with Gasteiger partial charge in [0.1, 0.15) is 0 Å². The molecule has 0 aliphatic heterocycles. The van der Waals surface area contributed by atoms with Gasteiger partial charge in [0.15, 0.2) is 0 Å². The molecule has 0 aliphatic rings. The van der Waals surface area contributed by atoms with Crippen molar-refractivity contribution < 1.29 is 0 Å². The number of aromatic nitrogens is 3. The molecular weight excluding hydrogens is 751 g/mol. The lowest BCUT2D eigenvalue weighted by atomic mass is 9.99. The Labute approximate surface area is 360 Å². The number of hydrogen-bond donors (Lipinski definition) is 0. The molecule has 0 saturated carbocycles. The van der Waals surface area contributed by atoms with Gasteiger partial charge in [-0.1, -0.05) is 170 Å². The van der Waals surface area contributed by atoms with Crippen molar-refractivity contribution >= 4 is 43.6 Å². The summed E-state index contributed by atoms with van der Waals surface area (Å²) in [5.41, 5.74) is 18.2. The summed E-state index contributed by atoms with van der Waals surface area (Å²) >= 11 is 0. The van der Waals surface area contributed by atoms with Gasteiger partial charge in [-0.05, 0) is 100 Å². The first-order chi connectivity index (χ1) is 30.7. The van der Waals surface area contributed by atoms with Gasteiger partial charge >= 0.3 is 0 Å². The third-order valence-corrected chi connectivity index (χ3v) is 12.3. The molecule has 0 aliphatic carbocycles.